The maximum absolute atomic E-state index is 11.2. The van der Waals surface area contributed by atoms with E-state index in [0.29, 0.717) is 6.42 Å². The number of aliphatic hydroxyl groups is 1. The van der Waals surface area contributed by atoms with Gasteiger partial charge in [0, 0.05) is 29.6 Å². The number of hydrogen-bond acceptors (Lipinski definition) is 3. The molecule has 165 valence electrons. The van der Waals surface area contributed by atoms with E-state index >= 15 is 0 Å². The normalized spacial score (nSPS) is 12.8. The van der Waals surface area contributed by atoms with E-state index < -0.39 is 26.7 Å². The van der Waals surface area contributed by atoms with Gasteiger partial charge in [0.25, 0.3) is 5.08 Å². The third-order valence-corrected chi connectivity index (χ3v) is 8.93. The van der Waals surface area contributed by atoms with Gasteiger partial charge in [-0.3, -0.25) is 9.13 Å². The minimum absolute atomic E-state index is 0. The third-order valence-electron chi connectivity index (χ3n) is 5.05. The first-order valence-electron chi connectivity index (χ1n) is 10.4. The van der Waals surface area contributed by atoms with Crippen molar-refractivity contribution in [3.05, 3.63) is 0 Å². The molecule has 0 aliphatic carbocycles. The van der Waals surface area contributed by atoms with Gasteiger partial charge in [0.05, 0.1) is 0 Å². The maximum atomic E-state index is 11.2. The summed E-state index contributed by atoms with van der Waals surface area (Å²) in [7, 11) is -10.6. The van der Waals surface area contributed by atoms with Crippen LogP contribution in [0.15, 0.2) is 0 Å². The molecule has 0 aliphatic rings. The number of unbranched alkanes of at least 4 members (excludes halogenated alkanes) is 14. The van der Waals surface area contributed by atoms with Gasteiger partial charge in [-0.1, -0.05) is 96.8 Å². The molecule has 0 aromatic rings. The van der Waals surface area contributed by atoms with Crippen molar-refractivity contribution in [3.8, 4) is 0 Å². The molecule has 0 heterocycles. The summed E-state index contributed by atoms with van der Waals surface area (Å²) in [5.41, 5.74) is 0. The average Bonchev–Trinajstić information content (AvgIpc) is 2.56. The molecule has 5 N–H and O–H groups in total. The second-order valence-corrected chi connectivity index (χ2v) is 11.6. The average molecular weight is 453 g/mol. The Kier molecular flexibility index (Phi) is 19.0. The molecule has 28 heavy (non-hydrogen) atoms. The molecule has 0 atom stereocenters. The molecule has 0 aromatic carbocycles. The standard InChI is InChI=1S/C18H40O7P2.Na/c1-2-3-4-5-6-7-8-9-10-11-12-13-14-15-16-17-18(19,26(20,21)22)27(23,24)25;/h19H,2-17H2,1H3,(H2,20,21,22)(H2,23,24,25);. The molecule has 0 amide bonds. The van der Waals surface area contributed by atoms with Crippen molar-refractivity contribution in [1.82, 2.24) is 0 Å². The summed E-state index contributed by atoms with van der Waals surface area (Å²) in [5.74, 6) is 0. The van der Waals surface area contributed by atoms with Crippen molar-refractivity contribution >= 4 is 44.7 Å². The van der Waals surface area contributed by atoms with Gasteiger partial charge in [0.1, 0.15) is 0 Å². The minimum Gasteiger partial charge on any atom is -0.368 e. The van der Waals surface area contributed by atoms with Gasteiger partial charge in [0.15, 0.2) is 0 Å². The fourth-order valence-corrected chi connectivity index (χ4v) is 5.45. The van der Waals surface area contributed by atoms with Gasteiger partial charge >= 0.3 is 15.2 Å². The summed E-state index contributed by atoms with van der Waals surface area (Å²) in [6.45, 7) is 2.23. The fourth-order valence-electron chi connectivity index (χ4n) is 3.19. The summed E-state index contributed by atoms with van der Waals surface area (Å²) >= 11 is 0. The predicted molar refractivity (Wildman–Crippen MR) is 114 cm³/mol. The van der Waals surface area contributed by atoms with Gasteiger partial charge in [-0.2, -0.15) is 0 Å². The monoisotopic (exact) mass is 453 g/mol. The second kappa shape index (κ2) is 16.9. The van der Waals surface area contributed by atoms with Crippen molar-refractivity contribution in [2.75, 3.05) is 0 Å². The van der Waals surface area contributed by atoms with Crippen LogP contribution in [0.2, 0.25) is 0 Å². The zero-order valence-corrected chi connectivity index (χ0v) is 21.5. The van der Waals surface area contributed by atoms with E-state index in [1.165, 1.54) is 64.2 Å². The van der Waals surface area contributed by atoms with Crippen LogP contribution >= 0.6 is 15.2 Å². The van der Waals surface area contributed by atoms with E-state index in [0.717, 1.165) is 19.3 Å². The van der Waals surface area contributed by atoms with E-state index in [1.54, 1.807) is 0 Å². The quantitative estimate of drug-likeness (QED) is 0.113. The van der Waals surface area contributed by atoms with Gasteiger partial charge in [-0.25, -0.2) is 0 Å². The Bertz CT molecular complexity index is 443. The maximum Gasteiger partial charge on any atom is 0.369 e. The van der Waals surface area contributed by atoms with Crippen molar-refractivity contribution in [2.24, 2.45) is 0 Å². The number of hydrogen-bond donors (Lipinski definition) is 5. The van der Waals surface area contributed by atoms with Gasteiger partial charge in [-0.05, 0) is 12.8 Å². The first-order chi connectivity index (χ1) is 12.6. The molecule has 7 nitrogen and oxygen atoms in total. The Morgan fingerprint density at radius 2 is 0.821 bits per heavy atom. The van der Waals surface area contributed by atoms with E-state index in [2.05, 4.69) is 6.92 Å². The van der Waals surface area contributed by atoms with Crippen molar-refractivity contribution in [2.45, 2.75) is 115 Å². The SMILES string of the molecule is CCCCCCCCCCCCCCCCCC(O)(P(=O)(O)O)P(=O)(O)O.[Na]. The van der Waals surface area contributed by atoms with Crippen LogP contribution in [0.25, 0.3) is 0 Å². The van der Waals surface area contributed by atoms with Gasteiger partial charge in [-0.15, -0.1) is 0 Å². The van der Waals surface area contributed by atoms with Crippen LogP contribution in [0.4, 0.5) is 0 Å². The molecular formula is C18H40NaO7P2. The van der Waals surface area contributed by atoms with Crippen LogP contribution < -0.4 is 0 Å². The van der Waals surface area contributed by atoms with Crippen LogP contribution in [-0.2, 0) is 9.13 Å². The minimum atomic E-state index is -5.31. The summed E-state index contributed by atoms with van der Waals surface area (Å²) in [6.07, 6.45) is 16.0. The van der Waals surface area contributed by atoms with Crippen molar-refractivity contribution in [3.63, 3.8) is 0 Å². The first-order valence-corrected chi connectivity index (χ1v) is 13.6. The van der Waals surface area contributed by atoms with Crippen LogP contribution in [0.3, 0.4) is 0 Å². The smallest absolute Gasteiger partial charge is 0.368 e. The molecule has 0 unspecified atom stereocenters. The summed E-state index contributed by atoms with van der Waals surface area (Å²) in [6, 6.07) is 0. The second-order valence-electron chi connectivity index (χ2n) is 7.56. The fraction of sp³-hybridized carbons (Fsp3) is 1.00. The Balaban J connectivity index is 0. The Labute approximate surface area is 192 Å². The molecule has 0 aliphatic heterocycles. The molecule has 0 spiro atoms. The van der Waals surface area contributed by atoms with E-state index in [9.17, 15) is 14.2 Å². The van der Waals surface area contributed by atoms with Gasteiger partial charge < -0.3 is 24.7 Å². The van der Waals surface area contributed by atoms with Gasteiger partial charge in [0.2, 0.25) is 0 Å². The zero-order valence-electron chi connectivity index (χ0n) is 17.8. The van der Waals surface area contributed by atoms with Crippen LogP contribution in [0, 0.1) is 0 Å². The van der Waals surface area contributed by atoms with Crippen LogP contribution in [-0.4, -0.2) is 59.3 Å². The molecule has 1 radical (unpaired) electrons. The van der Waals surface area contributed by atoms with E-state index in [1.807, 2.05) is 0 Å². The number of rotatable bonds is 18. The van der Waals surface area contributed by atoms with E-state index in [-0.39, 0.29) is 36.0 Å². The molecule has 0 saturated carbocycles. The molecule has 10 heteroatoms. The van der Waals surface area contributed by atoms with Crippen molar-refractivity contribution in [1.29, 1.82) is 0 Å². The Morgan fingerprint density at radius 3 is 1.07 bits per heavy atom. The summed E-state index contributed by atoms with van der Waals surface area (Å²) in [5, 5.41) is 6.51. The molecule has 0 saturated heterocycles. The molecular weight excluding hydrogens is 413 g/mol. The molecule has 0 fully saturated rings. The zero-order chi connectivity index (χ0) is 20.8. The third kappa shape index (κ3) is 13.5. The summed E-state index contributed by atoms with van der Waals surface area (Å²) < 4.78 is 22.5. The molecule has 0 rings (SSSR count). The van der Waals surface area contributed by atoms with Crippen LogP contribution in [0.1, 0.15) is 110 Å². The molecule has 0 bridgehead atoms. The predicted octanol–water partition coefficient (Wildman–Crippen LogP) is 4.87. The Morgan fingerprint density at radius 1 is 0.571 bits per heavy atom. The first kappa shape index (κ1) is 31.4. The summed E-state index contributed by atoms with van der Waals surface area (Å²) in [4.78, 5) is 36.2. The van der Waals surface area contributed by atoms with E-state index in [4.69, 9.17) is 19.6 Å². The van der Waals surface area contributed by atoms with Crippen LogP contribution in [0.5, 0.6) is 0 Å². The van der Waals surface area contributed by atoms with Crippen molar-refractivity contribution < 1.29 is 33.8 Å². The molecule has 0 aromatic heterocycles. The topological polar surface area (TPSA) is 135 Å². The largest absolute Gasteiger partial charge is 0.369 e. The Hall–Kier alpha value is 1.26.